The standard InChI is InChI=1S/C25H31N7O/c1-18-16-32(19(2)15-31(18)23-7-9-27-10-8-23)25-28-13-22(14-29-25)21-6-4-5-20(11-21)17-30(3)24(33)12-26/h4-11,13-14,18-19H,12,15-17,26H2,1-3H3/t18-,19+/m1/s1. The third kappa shape index (κ3) is 5.12. The van der Waals surface area contributed by atoms with Crippen molar-refractivity contribution in [1.29, 1.82) is 0 Å². The summed E-state index contributed by atoms with van der Waals surface area (Å²) in [6, 6.07) is 12.8. The quantitative estimate of drug-likeness (QED) is 0.623. The zero-order valence-electron chi connectivity index (χ0n) is 19.4. The van der Waals surface area contributed by atoms with E-state index in [0.29, 0.717) is 12.6 Å². The highest BCUT2D eigenvalue weighted by Crippen LogP contribution is 2.26. The maximum Gasteiger partial charge on any atom is 0.236 e. The lowest BCUT2D eigenvalue weighted by molar-refractivity contribution is -0.128. The summed E-state index contributed by atoms with van der Waals surface area (Å²) in [4.78, 5) is 31.6. The van der Waals surface area contributed by atoms with Gasteiger partial charge in [0.1, 0.15) is 0 Å². The largest absolute Gasteiger partial charge is 0.365 e. The van der Waals surface area contributed by atoms with Gasteiger partial charge in [0.2, 0.25) is 11.9 Å². The molecule has 4 rings (SSSR count). The normalized spacial score (nSPS) is 18.3. The van der Waals surface area contributed by atoms with Crippen molar-refractivity contribution in [2.45, 2.75) is 32.5 Å². The molecule has 1 aliphatic rings. The van der Waals surface area contributed by atoms with Gasteiger partial charge in [-0.1, -0.05) is 18.2 Å². The highest BCUT2D eigenvalue weighted by Gasteiger charge is 2.30. The molecule has 2 N–H and O–H groups in total. The molecule has 1 fully saturated rings. The molecule has 8 heteroatoms. The number of carbonyl (C=O) groups is 1. The lowest BCUT2D eigenvalue weighted by Gasteiger charge is -2.45. The van der Waals surface area contributed by atoms with E-state index in [0.717, 1.165) is 35.7 Å². The molecular weight excluding hydrogens is 414 g/mol. The second-order valence-electron chi connectivity index (χ2n) is 8.63. The third-order valence-corrected chi connectivity index (χ3v) is 6.16. The second-order valence-corrected chi connectivity index (χ2v) is 8.63. The number of rotatable bonds is 6. The third-order valence-electron chi connectivity index (χ3n) is 6.16. The molecule has 1 saturated heterocycles. The maximum absolute atomic E-state index is 11.8. The fraction of sp³-hybridized carbons (Fsp3) is 0.360. The number of nitrogens with two attached hydrogens (primary N) is 1. The van der Waals surface area contributed by atoms with E-state index in [9.17, 15) is 4.79 Å². The Kier molecular flexibility index (Phi) is 6.84. The van der Waals surface area contributed by atoms with Gasteiger partial charge in [-0.05, 0) is 43.2 Å². The molecule has 2 atom stereocenters. The number of likely N-dealkylation sites (N-methyl/N-ethyl adjacent to an activating group) is 1. The molecule has 8 nitrogen and oxygen atoms in total. The molecule has 0 aliphatic carbocycles. The maximum atomic E-state index is 11.8. The predicted octanol–water partition coefficient (Wildman–Crippen LogP) is 2.56. The number of benzene rings is 1. The number of carbonyl (C=O) groups excluding carboxylic acids is 1. The fourth-order valence-electron chi connectivity index (χ4n) is 4.29. The number of nitrogens with zero attached hydrogens (tertiary/aromatic N) is 6. The van der Waals surface area contributed by atoms with Crippen molar-refractivity contribution in [3.05, 3.63) is 66.7 Å². The summed E-state index contributed by atoms with van der Waals surface area (Å²) in [6.07, 6.45) is 7.43. The molecule has 3 heterocycles. The van der Waals surface area contributed by atoms with Crippen molar-refractivity contribution in [3.63, 3.8) is 0 Å². The Labute approximate surface area is 195 Å². The molecule has 1 amide bonds. The van der Waals surface area contributed by atoms with Gasteiger partial charge < -0.3 is 20.4 Å². The van der Waals surface area contributed by atoms with E-state index >= 15 is 0 Å². The van der Waals surface area contributed by atoms with Crippen LogP contribution in [-0.4, -0.2) is 64.5 Å². The van der Waals surface area contributed by atoms with Gasteiger partial charge in [-0.25, -0.2) is 9.97 Å². The SMILES string of the molecule is C[C@@H]1CN(c2ncc(-c3cccc(CN(C)C(=O)CN)c3)cn2)[C@@H](C)CN1c1ccncc1. The van der Waals surface area contributed by atoms with E-state index in [1.54, 1.807) is 11.9 Å². The van der Waals surface area contributed by atoms with E-state index < -0.39 is 0 Å². The van der Waals surface area contributed by atoms with Crippen LogP contribution in [0.5, 0.6) is 0 Å². The molecule has 1 aromatic carbocycles. The average Bonchev–Trinajstić information content (AvgIpc) is 2.85. The summed E-state index contributed by atoms with van der Waals surface area (Å²) in [5.74, 6) is 0.664. The summed E-state index contributed by atoms with van der Waals surface area (Å²) in [5.41, 5.74) is 9.67. The highest BCUT2D eigenvalue weighted by molar-refractivity contribution is 5.77. The first kappa shape index (κ1) is 22.7. The van der Waals surface area contributed by atoms with Gasteiger partial charge in [-0.3, -0.25) is 9.78 Å². The molecule has 3 aromatic rings. The Hall–Kier alpha value is -3.52. The molecule has 0 radical (unpaired) electrons. The highest BCUT2D eigenvalue weighted by atomic mass is 16.2. The fourth-order valence-corrected chi connectivity index (χ4v) is 4.29. The van der Waals surface area contributed by atoms with Crippen LogP contribution in [0, 0.1) is 0 Å². The van der Waals surface area contributed by atoms with E-state index in [4.69, 9.17) is 15.7 Å². The second kappa shape index (κ2) is 9.95. The Morgan fingerprint density at radius 2 is 1.70 bits per heavy atom. The minimum absolute atomic E-state index is 0.0132. The first-order chi connectivity index (χ1) is 16.0. The van der Waals surface area contributed by atoms with Crippen molar-refractivity contribution in [1.82, 2.24) is 19.9 Å². The molecule has 0 spiro atoms. The lowest BCUT2D eigenvalue weighted by Crippen LogP contribution is -2.57. The summed E-state index contributed by atoms with van der Waals surface area (Å²) in [6.45, 7) is 6.71. The summed E-state index contributed by atoms with van der Waals surface area (Å²) in [5, 5.41) is 0. The van der Waals surface area contributed by atoms with Crippen LogP contribution < -0.4 is 15.5 Å². The number of piperazine rings is 1. The van der Waals surface area contributed by atoms with Crippen LogP contribution in [0.2, 0.25) is 0 Å². The average molecular weight is 446 g/mol. The molecule has 172 valence electrons. The van der Waals surface area contributed by atoms with Gasteiger partial charge in [-0.2, -0.15) is 0 Å². The molecule has 0 saturated carbocycles. The van der Waals surface area contributed by atoms with Gasteiger partial charge in [0.05, 0.1) is 6.54 Å². The minimum Gasteiger partial charge on any atom is -0.365 e. The molecule has 0 unspecified atom stereocenters. The first-order valence-electron chi connectivity index (χ1n) is 11.2. The van der Waals surface area contributed by atoms with Crippen LogP contribution in [0.25, 0.3) is 11.1 Å². The van der Waals surface area contributed by atoms with Crippen molar-refractivity contribution in [3.8, 4) is 11.1 Å². The number of hydrogen-bond acceptors (Lipinski definition) is 7. The zero-order chi connectivity index (χ0) is 23.4. The Balaban J connectivity index is 1.47. The van der Waals surface area contributed by atoms with Crippen molar-refractivity contribution < 1.29 is 4.79 Å². The van der Waals surface area contributed by atoms with Crippen molar-refractivity contribution >= 4 is 17.5 Å². The van der Waals surface area contributed by atoms with E-state index in [-0.39, 0.29) is 18.5 Å². The smallest absolute Gasteiger partial charge is 0.236 e. The molecule has 1 aliphatic heterocycles. The number of amides is 1. The van der Waals surface area contributed by atoms with Crippen LogP contribution in [0.15, 0.2) is 61.2 Å². The summed E-state index contributed by atoms with van der Waals surface area (Å²) >= 11 is 0. The minimum atomic E-state index is -0.0829. The van der Waals surface area contributed by atoms with Gasteiger partial charge in [0, 0.05) is 74.8 Å². The summed E-state index contributed by atoms with van der Waals surface area (Å²) < 4.78 is 0. The molecule has 2 aromatic heterocycles. The Morgan fingerprint density at radius 3 is 2.39 bits per heavy atom. The topological polar surface area (TPSA) is 91.5 Å². The number of pyridine rings is 1. The van der Waals surface area contributed by atoms with Crippen molar-refractivity contribution in [2.75, 3.05) is 36.5 Å². The van der Waals surface area contributed by atoms with Gasteiger partial charge in [-0.15, -0.1) is 0 Å². The lowest BCUT2D eigenvalue weighted by atomic mass is 10.1. The Morgan fingerprint density at radius 1 is 1.03 bits per heavy atom. The zero-order valence-corrected chi connectivity index (χ0v) is 19.4. The molecular formula is C25H31N7O. The number of hydrogen-bond donors (Lipinski definition) is 1. The summed E-state index contributed by atoms with van der Waals surface area (Å²) in [7, 11) is 1.76. The van der Waals surface area contributed by atoms with Crippen molar-refractivity contribution in [2.24, 2.45) is 5.73 Å². The van der Waals surface area contributed by atoms with Crippen LogP contribution in [-0.2, 0) is 11.3 Å². The van der Waals surface area contributed by atoms with Gasteiger partial charge >= 0.3 is 0 Å². The van der Waals surface area contributed by atoms with E-state index in [1.165, 1.54) is 5.69 Å². The van der Waals surface area contributed by atoms with Crippen LogP contribution >= 0.6 is 0 Å². The van der Waals surface area contributed by atoms with E-state index in [2.05, 4.69) is 46.8 Å². The predicted molar refractivity (Wildman–Crippen MR) is 131 cm³/mol. The molecule has 33 heavy (non-hydrogen) atoms. The van der Waals surface area contributed by atoms with Crippen LogP contribution in [0.4, 0.5) is 11.6 Å². The van der Waals surface area contributed by atoms with E-state index in [1.807, 2.05) is 43.0 Å². The van der Waals surface area contributed by atoms with Gasteiger partial charge in [0.15, 0.2) is 0 Å². The van der Waals surface area contributed by atoms with Gasteiger partial charge in [0.25, 0.3) is 0 Å². The molecule has 0 bridgehead atoms. The van der Waals surface area contributed by atoms with Crippen LogP contribution in [0.1, 0.15) is 19.4 Å². The Bertz CT molecular complexity index is 1070. The van der Waals surface area contributed by atoms with Crippen LogP contribution in [0.3, 0.4) is 0 Å². The first-order valence-corrected chi connectivity index (χ1v) is 11.2. The monoisotopic (exact) mass is 445 g/mol. The number of aromatic nitrogens is 3. The number of anilines is 2.